The van der Waals surface area contributed by atoms with Crippen LogP contribution in [0, 0.1) is 5.82 Å². The Morgan fingerprint density at radius 1 is 1.22 bits per heavy atom. The summed E-state index contributed by atoms with van der Waals surface area (Å²) in [6.07, 6.45) is 0.187. The predicted octanol–water partition coefficient (Wildman–Crippen LogP) is 1.87. The van der Waals surface area contributed by atoms with Gasteiger partial charge in [-0.25, -0.2) is 4.39 Å². The fourth-order valence-electron chi connectivity index (χ4n) is 3.15. The molecule has 1 heterocycles. The largest absolute Gasteiger partial charge is 0.493 e. The van der Waals surface area contributed by atoms with Gasteiger partial charge in [0.05, 0.1) is 19.1 Å². The Labute approximate surface area is 157 Å². The van der Waals surface area contributed by atoms with Gasteiger partial charge < -0.3 is 20.7 Å². The molecule has 1 saturated heterocycles. The molecule has 2 amide bonds. The van der Waals surface area contributed by atoms with Crippen molar-refractivity contribution in [2.75, 3.05) is 26.2 Å². The molecule has 1 atom stereocenters. The molecule has 0 bridgehead atoms. The first-order valence-electron chi connectivity index (χ1n) is 8.83. The Morgan fingerprint density at radius 3 is 2.81 bits per heavy atom. The van der Waals surface area contributed by atoms with Crippen LogP contribution in [0.25, 0.3) is 0 Å². The monoisotopic (exact) mass is 371 g/mol. The second kappa shape index (κ2) is 8.64. The van der Waals surface area contributed by atoms with Crippen LogP contribution >= 0.6 is 0 Å². The number of piperazine rings is 1. The van der Waals surface area contributed by atoms with Crippen molar-refractivity contribution < 1.29 is 18.7 Å². The Bertz CT molecular complexity index is 828. The predicted molar refractivity (Wildman–Crippen MR) is 98.8 cm³/mol. The minimum Gasteiger partial charge on any atom is -0.493 e. The summed E-state index contributed by atoms with van der Waals surface area (Å²) in [5.41, 5.74) is 6.37. The summed E-state index contributed by atoms with van der Waals surface area (Å²) in [7, 11) is 0. The third-order valence-corrected chi connectivity index (χ3v) is 4.50. The maximum absolute atomic E-state index is 13.6. The number of primary amides is 1. The number of rotatable bonds is 6. The first kappa shape index (κ1) is 18.8. The number of nitrogens with two attached hydrogens (primary N) is 1. The lowest BCUT2D eigenvalue weighted by molar-refractivity contribution is -0.135. The van der Waals surface area contributed by atoms with Crippen molar-refractivity contribution in [1.29, 1.82) is 0 Å². The quantitative estimate of drug-likeness (QED) is 0.812. The van der Waals surface area contributed by atoms with Crippen LogP contribution in [0.4, 0.5) is 4.39 Å². The minimum atomic E-state index is -0.532. The Hall–Kier alpha value is -2.93. The summed E-state index contributed by atoms with van der Waals surface area (Å²) in [5, 5.41) is 3.25. The number of hydrogen-bond donors (Lipinski definition) is 2. The van der Waals surface area contributed by atoms with E-state index in [1.54, 1.807) is 35.2 Å². The third-order valence-electron chi connectivity index (χ3n) is 4.50. The van der Waals surface area contributed by atoms with Gasteiger partial charge in [0.25, 0.3) is 0 Å². The van der Waals surface area contributed by atoms with Crippen LogP contribution in [-0.4, -0.2) is 43.0 Å². The lowest BCUT2D eigenvalue weighted by Crippen LogP contribution is -2.49. The number of carbonyl (C=O) groups is 2. The van der Waals surface area contributed by atoms with Gasteiger partial charge in [0.2, 0.25) is 11.8 Å². The van der Waals surface area contributed by atoms with E-state index < -0.39 is 5.91 Å². The van der Waals surface area contributed by atoms with Gasteiger partial charge in [-0.3, -0.25) is 9.59 Å². The summed E-state index contributed by atoms with van der Waals surface area (Å²) in [4.78, 5) is 25.7. The van der Waals surface area contributed by atoms with Crippen LogP contribution in [0.3, 0.4) is 0 Å². The van der Waals surface area contributed by atoms with Crippen molar-refractivity contribution in [3.8, 4) is 5.75 Å². The first-order chi connectivity index (χ1) is 13.0. The van der Waals surface area contributed by atoms with Crippen molar-refractivity contribution in [1.82, 2.24) is 10.2 Å². The van der Waals surface area contributed by atoms with Gasteiger partial charge in [-0.2, -0.15) is 0 Å². The molecule has 27 heavy (non-hydrogen) atoms. The molecule has 1 fully saturated rings. The van der Waals surface area contributed by atoms with E-state index in [4.69, 9.17) is 10.5 Å². The van der Waals surface area contributed by atoms with Gasteiger partial charge in [0.1, 0.15) is 11.6 Å². The van der Waals surface area contributed by atoms with Gasteiger partial charge >= 0.3 is 0 Å². The van der Waals surface area contributed by atoms with Crippen LogP contribution < -0.4 is 15.8 Å². The molecule has 2 aromatic rings. The van der Waals surface area contributed by atoms with Gasteiger partial charge in [-0.1, -0.05) is 18.2 Å². The normalized spacial score (nSPS) is 16.8. The number of nitrogens with zero attached hydrogens (tertiary/aromatic N) is 1. The van der Waals surface area contributed by atoms with Crippen molar-refractivity contribution in [2.45, 2.75) is 12.5 Å². The van der Waals surface area contributed by atoms with Gasteiger partial charge in [-0.15, -0.1) is 0 Å². The van der Waals surface area contributed by atoms with E-state index in [9.17, 15) is 14.0 Å². The number of carbonyl (C=O) groups excluding carboxylic acids is 2. The molecule has 1 aliphatic heterocycles. The summed E-state index contributed by atoms with van der Waals surface area (Å²) in [6.45, 7) is 2.01. The van der Waals surface area contributed by atoms with Crippen LogP contribution in [-0.2, 0) is 4.79 Å². The molecule has 7 heteroatoms. The molecule has 2 aromatic carbocycles. The molecule has 0 aromatic heterocycles. The topological polar surface area (TPSA) is 84.7 Å². The van der Waals surface area contributed by atoms with E-state index in [0.29, 0.717) is 30.9 Å². The molecule has 1 aliphatic rings. The number of halogens is 1. The molecule has 0 spiro atoms. The highest BCUT2D eigenvalue weighted by Gasteiger charge is 2.27. The number of ether oxygens (including phenoxy) is 1. The van der Waals surface area contributed by atoms with Crippen LogP contribution in [0.15, 0.2) is 48.5 Å². The van der Waals surface area contributed by atoms with Gasteiger partial charge in [0.15, 0.2) is 0 Å². The molecule has 1 unspecified atom stereocenters. The summed E-state index contributed by atoms with van der Waals surface area (Å²) >= 11 is 0. The van der Waals surface area contributed by atoms with Crippen molar-refractivity contribution in [3.05, 3.63) is 65.5 Å². The van der Waals surface area contributed by atoms with Crippen molar-refractivity contribution in [2.24, 2.45) is 5.73 Å². The Balaban J connectivity index is 1.60. The molecule has 0 aliphatic carbocycles. The lowest BCUT2D eigenvalue weighted by Gasteiger charge is -2.36. The standard InChI is InChI=1S/C20H22FN3O3/c21-16-5-1-3-14(11-16)18-13-23-8-9-24(18)19(25)7-10-27-17-6-2-4-15(12-17)20(22)26/h1-6,11-12,18,23H,7-10,13H2,(H2,22,26). The maximum Gasteiger partial charge on any atom is 0.248 e. The summed E-state index contributed by atoms with van der Waals surface area (Å²) in [6, 6.07) is 12.6. The number of hydrogen-bond acceptors (Lipinski definition) is 4. The Kier molecular flexibility index (Phi) is 6.03. The highest BCUT2D eigenvalue weighted by atomic mass is 19.1. The highest BCUT2D eigenvalue weighted by molar-refractivity contribution is 5.93. The van der Waals surface area contributed by atoms with E-state index in [-0.39, 0.29) is 30.8 Å². The third kappa shape index (κ3) is 4.83. The first-order valence-corrected chi connectivity index (χ1v) is 8.83. The number of amides is 2. The molecule has 0 radical (unpaired) electrons. The Morgan fingerprint density at radius 2 is 2.04 bits per heavy atom. The summed E-state index contributed by atoms with van der Waals surface area (Å²) in [5.74, 6) is -0.420. The average molecular weight is 371 g/mol. The molecule has 3 N–H and O–H groups in total. The zero-order chi connectivity index (χ0) is 19.2. The van der Waals surface area contributed by atoms with Crippen molar-refractivity contribution in [3.63, 3.8) is 0 Å². The summed E-state index contributed by atoms with van der Waals surface area (Å²) < 4.78 is 19.1. The maximum atomic E-state index is 13.6. The molecule has 6 nitrogen and oxygen atoms in total. The second-order valence-electron chi connectivity index (χ2n) is 6.35. The number of nitrogens with one attached hydrogen (secondary N) is 1. The lowest BCUT2D eigenvalue weighted by atomic mass is 10.0. The fraction of sp³-hybridized carbons (Fsp3) is 0.300. The average Bonchev–Trinajstić information content (AvgIpc) is 2.68. The number of benzene rings is 2. The van der Waals surface area contributed by atoms with E-state index in [0.717, 1.165) is 5.56 Å². The van der Waals surface area contributed by atoms with Crippen LogP contribution in [0.1, 0.15) is 28.4 Å². The van der Waals surface area contributed by atoms with E-state index in [1.807, 2.05) is 6.07 Å². The van der Waals surface area contributed by atoms with Gasteiger partial charge in [0, 0.05) is 25.2 Å². The van der Waals surface area contributed by atoms with Crippen LogP contribution in [0.2, 0.25) is 0 Å². The molecular weight excluding hydrogens is 349 g/mol. The van der Waals surface area contributed by atoms with E-state index >= 15 is 0 Å². The van der Waals surface area contributed by atoms with Gasteiger partial charge in [-0.05, 0) is 35.9 Å². The minimum absolute atomic E-state index is 0.0585. The van der Waals surface area contributed by atoms with E-state index in [1.165, 1.54) is 12.1 Å². The molecular formula is C20H22FN3O3. The highest BCUT2D eigenvalue weighted by Crippen LogP contribution is 2.23. The SMILES string of the molecule is NC(=O)c1cccc(OCCC(=O)N2CCNCC2c2cccc(F)c2)c1. The zero-order valence-corrected chi connectivity index (χ0v) is 14.9. The fourth-order valence-corrected chi connectivity index (χ4v) is 3.15. The van der Waals surface area contributed by atoms with E-state index in [2.05, 4.69) is 5.32 Å². The molecule has 3 rings (SSSR count). The molecule has 0 saturated carbocycles. The zero-order valence-electron chi connectivity index (χ0n) is 14.9. The van der Waals surface area contributed by atoms with Crippen LogP contribution in [0.5, 0.6) is 5.75 Å². The second-order valence-corrected chi connectivity index (χ2v) is 6.35. The molecule has 142 valence electrons. The smallest absolute Gasteiger partial charge is 0.248 e. The van der Waals surface area contributed by atoms with Crippen molar-refractivity contribution >= 4 is 11.8 Å².